The molecule has 6 nitrogen and oxygen atoms in total. The molecule has 1 rings (SSSR count). The van der Waals surface area contributed by atoms with Crippen LogP contribution in [0.4, 0.5) is 5.69 Å². The van der Waals surface area contributed by atoms with Gasteiger partial charge < -0.3 is 4.74 Å². The summed E-state index contributed by atoms with van der Waals surface area (Å²) in [5.41, 5.74) is -0.347. The first kappa shape index (κ1) is 15.7. The number of ether oxygens (including phenoxy) is 1. The lowest BCUT2D eigenvalue weighted by molar-refractivity contribution is -0.385. The standard InChI is InChI=1S/C11H14ClNO5S/c1-2-3-4-7-18-10-6-5-9(13(14)15)8-11(10)19(12,16)17/h5-6,8H,2-4,7H2,1H3. The fourth-order valence-corrected chi connectivity index (χ4v) is 2.44. The number of hydrogen-bond acceptors (Lipinski definition) is 5. The number of nitrogens with zero attached hydrogens (tertiary/aromatic N) is 1. The van der Waals surface area contributed by atoms with Crippen molar-refractivity contribution in [2.24, 2.45) is 0 Å². The van der Waals surface area contributed by atoms with Gasteiger partial charge in [-0.1, -0.05) is 19.8 Å². The summed E-state index contributed by atoms with van der Waals surface area (Å²) in [5.74, 6) is 0.0386. The van der Waals surface area contributed by atoms with Crippen LogP contribution in [0.5, 0.6) is 5.75 Å². The minimum atomic E-state index is -4.09. The van der Waals surface area contributed by atoms with E-state index in [0.717, 1.165) is 25.3 Å². The number of benzene rings is 1. The molecule has 0 spiro atoms. The molecule has 1 aromatic carbocycles. The van der Waals surface area contributed by atoms with Crippen molar-refractivity contribution >= 4 is 25.4 Å². The molecule has 0 aliphatic rings. The molecule has 0 aliphatic carbocycles. The van der Waals surface area contributed by atoms with Gasteiger partial charge in [0.15, 0.2) is 0 Å². The van der Waals surface area contributed by atoms with Crippen molar-refractivity contribution < 1.29 is 18.1 Å². The van der Waals surface area contributed by atoms with Gasteiger partial charge in [0, 0.05) is 22.8 Å². The van der Waals surface area contributed by atoms with Crippen molar-refractivity contribution in [1.82, 2.24) is 0 Å². The molecule has 0 unspecified atom stereocenters. The first-order chi connectivity index (χ1) is 8.86. The topological polar surface area (TPSA) is 86.5 Å². The summed E-state index contributed by atoms with van der Waals surface area (Å²) in [6, 6.07) is 3.33. The predicted molar refractivity (Wildman–Crippen MR) is 71.2 cm³/mol. The quantitative estimate of drug-likeness (QED) is 0.334. The molecule has 0 N–H and O–H groups in total. The maximum absolute atomic E-state index is 11.4. The average molecular weight is 308 g/mol. The zero-order valence-corrected chi connectivity index (χ0v) is 11.9. The monoisotopic (exact) mass is 307 g/mol. The minimum Gasteiger partial charge on any atom is -0.492 e. The van der Waals surface area contributed by atoms with Gasteiger partial charge in [-0.3, -0.25) is 10.1 Å². The molecule has 0 radical (unpaired) electrons. The molecule has 0 fully saturated rings. The molecule has 0 bridgehead atoms. The molecule has 0 aromatic heterocycles. The summed E-state index contributed by atoms with van der Waals surface area (Å²) in [7, 11) is 1.16. The van der Waals surface area contributed by atoms with Crippen molar-refractivity contribution in [2.45, 2.75) is 31.1 Å². The summed E-state index contributed by atoms with van der Waals surface area (Å²) in [6.07, 6.45) is 2.73. The van der Waals surface area contributed by atoms with Crippen molar-refractivity contribution in [3.8, 4) is 5.75 Å². The highest BCUT2D eigenvalue weighted by Gasteiger charge is 2.21. The Hall–Kier alpha value is -1.34. The number of rotatable bonds is 7. The lowest BCUT2D eigenvalue weighted by Gasteiger charge is -2.09. The van der Waals surface area contributed by atoms with Gasteiger partial charge in [-0.05, 0) is 12.5 Å². The number of unbranched alkanes of at least 4 members (excludes halogenated alkanes) is 2. The number of hydrogen-bond donors (Lipinski definition) is 0. The predicted octanol–water partition coefficient (Wildman–Crippen LogP) is 3.09. The Morgan fingerprint density at radius 2 is 2.05 bits per heavy atom. The molecule has 0 saturated heterocycles. The number of halogens is 1. The van der Waals surface area contributed by atoms with Crippen LogP contribution in [0.2, 0.25) is 0 Å². The molecule has 0 saturated carbocycles. The number of nitro groups is 1. The van der Waals surface area contributed by atoms with Crippen molar-refractivity contribution in [3.63, 3.8) is 0 Å². The normalized spacial score (nSPS) is 11.3. The van der Waals surface area contributed by atoms with Gasteiger partial charge in [0.1, 0.15) is 10.6 Å². The van der Waals surface area contributed by atoms with Crippen LogP contribution in [-0.4, -0.2) is 19.9 Å². The Morgan fingerprint density at radius 1 is 1.37 bits per heavy atom. The third-order valence-corrected chi connectivity index (χ3v) is 3.75. The second-order valence-corrected chi connectivity index (χ2v) is 6.42. The zero-order chi connectivity index (χ0) is 14.5. The number of nitro benzene ring substituents is 1. The van der Waals surface area contributed by atoms with Crippen molar-refractivity contribution in [3.05, 3.63) is 28.3 Å². The van der Waals surface area contributed by atoms with Crippen molar-refractivity contribution in [2.75, 3.05) is 6.61 Å². The van der Waals surface area contributed by atoms with E-state index >= 15 is 0 Å². The molecular weight excluding hydrogens is 294 g/mol. The zero-order valence-electron chi connectivity index (χ0n) is 10.3. The third kappa shape index (κ3) is 4.68. The molecule has 0 heterocycles. The first-order valence-corrected chi connectivity index (χ1v) is 8.03. The largest absolute Gasteiger partial charge is 0.492 e. The maximum Gasteiger partial charge on any atom is 0.271 e. The molecule has 1 aromatic rings. The Balaban J connectivity index is 3.00. The van der Waals surface area contributed by atoms with Gasteiger partial charge in [0.05, 0.1) is 11.5 Å². The van der Waals surface area contributed by atoms with Gasteiger partial charge in [-0.2, -0.15) is 0 Å². The Bertz CT molecular complexity index is 558. The van der Waals surface area contributed by atoms with E-state index in [0.29, 0.717) is 6.61 Å². The van der Waals surface area contributed by atoms with Gasteiger partial charge >= 0.3 is 0 Å². The number of non-ortho nitro benzene ring substituents is 1. The summed E-state index contributed by atoms with van der Waals surface area (Å²) in [6.45, 7) is 2.37. The Morgan fingerprint density at radius 3 is 2.58 bits per heavy atom. The second-order valence-electron chi connectivity index (χ2n) is 3.88. The SMILES string of the molecule is CCCCCOc1ccc([N+](=O)[O-])cc1S(=O)(=O)Cl. The van der Waals surface area contributed by atoms with Crippen LogP contribution in [-0.2, 0) is 9.05 Å². The van der Waals surface area contributed by atoms with Crippen LogP contribution < -0.4 is 4.74 Å². The first-order valence-electron chi connectivity index (χ1n) is 5.72. The van der Waals surface area contributed by atoms with E-state index in [9.17, 15) is 18.5 Å². The van der Waals surface area contributed by atoms with E-state index < -0.39 is 14.0 Å². The fraction of sp³-hybridized carbons (Fsp3) is 0.455. The Labute approximate surface area is 115 Å². The van der Waals surface area contributed by atoms with Crippen LogP contribution in [0.3, 0.4) is 0 Å². The average Bonchev–Trinajstić information content (AvgIpc) is 2.33. The van der Waals surface area contributed by atoms with Crippen LogP contribution >= 0.6 is 10.7 Å². The van der Waals surface area contributed by atoms with E-state index in [4.69, 9.17) is 15.4 Å². The van der Waals surface area contributed by atoms with Gasteiger partial charge in [-0.15, -0.1) is 0 Å². The molecule has 8 heteroatoms. The van der Waals surface area contributed by atoms with Crippen LogP contribution in [0, 0.1) is 10.1 Å². The fourth-order valence-electron chi connectivity index (χ4n) is 1.45. The Kier molecular flexibility index (Phi) is 5.56. The minimum absolute atomic E-state index is 0.0386. The molecular formula is C11H14ClNO5S. The smallest absolute Gasteiger partial charge is 0.271 e. The van der Waals surface area contributed by atoms with E-state index in [1.165, 1.54) is 12.1 Å². The summed E-state index contributed by atoms with van der Waals surface area (Å²) in [5, 5.41) is 10.6. The molecule has 0 amide bonds. The van der Waals surface area contributed by atoms with Gasteiger partial charge in [0.2, 0.25) is 0 Å². The van der Waals surface area contributed by atoms with E-state index in [-0.39, 0.29) is 16.3 Å². The van der Waals surface area contributed by atoms with Crippen molar-refractivity contribution in [1.29, 1.82) is 0 Å². The van der Waals surface area contributed by atoms with Crippen LogP contribution in [0.1, 0.15) is 26.2 Å². The lowest BCUT2D eigenvalue weighted by Crippen LogP contribution is -2.03. The highest BCUT2D eigenvalue weighted by atomic mass is 35.7. The van der Waals surface area contributed by atoms with E-state index in [2.05, 4.69) is 0 Å². The molecule has 0 atom stereocenters. The van der Waals surface area contributed by atoms with Gasteiger partial charge in [-0.25, -0.2) is 8.42 Å². The lowest BCUT2D eigenvalue weighted by atomic mass is 10.2. The van der Waals surface area contributed by atoms with E-state index in [1.54, 1.807) is 0 Å². The third-order valence-electron chi connectivity index (χ3n) is 2.41. The maximum atomic E-state index is 11.4. The summed E-state index contributed by atoms with van der Waals surface area (Å²) < 4.78 is 28.1. The summed E-state index contributed by atoms with van der Waals surface area (Å²) >= 11 is 0. The van der Waals surface area contributed by atoms with E-state index in [1.807, 2.05) is 6.92 Å². The molecule has 0 aliphatic heterocycles. The highest BCUT2D eigenvalue weighted by molar-refractivity contribution is 8.13. The summed E-state index contributed by atoms with van der Waals surface area (Å²) in [4.78, 5) is 9.55. The van der Waals surface area contributed by atoms with Crippen LogP contribution in [0.25, 0.3) is 0 Å². The van der Waals surface area contributed by atoms with Gasteiger partial charge in [0.25, 0.3) is 14.7 Å². The van der Waals surface area contributed by atoms with Crippen LogP contribution in [0.15, 0.2) is 23.1 Å². The molecule has 19 heavy (non-hydrogen) atoms. The molecule has 106 valence electrons. The second kappa shape index (κ2) is 6.72. The highest BCUT2D eigenvalue weighted by Crippen LogP contribution is 2.30.